The standard InChI is InChI=1S/C27H30N8O2S2/c1-3-37-26(36)23-17-38-27(28-23)34-30-20-8-6-19(7-9-20)29-32-22-11-10-21(16-18(22)2)31-33-24-12-13-25(39-24)35-14-4-5-15-35/h6-13,16-17,29,31-33H,3-5,14-15H2,1-2H3/b34-30+. The number of aryl methyl sites for hydroxylation is 1. The number of aromatic nitrogens is 1. The van der Waals surface area contributed by atoms with Gasteiger partial charge in [0.2, 0.25) is 5.13 Å². The SMILES string of the molecule is CCOC(=O)c1csc(/N=N/c2ccc(NNc3ccc(NNc4ccc(N5CCCC5)s4)cc3C)cc2)n1. The Morgan fingerprint density at radius 3 is 2.51 bits per heavy atom. The second-order valence-electron chi connectivity index (χ2n) is 8.84. The number of nitrogens with one attached hydrogen (secondary N) is 4. The van der Waals surface area contributed by atoms with Crippen LogP contribution in [0.3, 0.4) is 0 Å². The Kier molecular flexibility index (Phi) is 8.54. The van der Waals surface area contributed by atoms with Crippen molar-refractivity contribution in [3.05, 3.63) is 71.2 Å². The summed E-state index contributed by atoms with van der Waals surface area (Å²) in [5.74, 6) is -0.458. The predicted octanol–water partition coefficient (Wildman–Crippen LogP) is 7.58. The molecule has 10 nitrogen and oxygen atoms in total. The minimum absolute atomic E-state index is 0.241. The molecule has 1 saturated heterocycles. The molecule has 0 spiro atoms. The average molecular weight is 563 g/mol. The smallest absolute Gasteiger partial charge is 0.357 e. The molecule has 0 bridgehead atoms. The molecule has 0 unspecified atom stereocenters. The zero-order chi connectivity index (χ0) is 27.0. The van der Waals surface area contributed by atoms with Crippen molar-refractivity contribution in [2.75, 3.05) is 46.3 Å². The van der Waals surface area contributed by atoms with Crippen LogP contribution < -0.4 is 26.6 Å². The molecular weight excluding hydrogens is 532 g/mol. The van der Waals surface area contributed by atoms with E-state index in [1.165, 1.54) is 29.2 Å². The maximum atomic E-state index is 11.7. The molecule has 1 fully saturated rings. The van der Waals surface area contributed by atoms with Gasteiger partial charge in [-0.3, -0.25) is 5.43 Å². The van der Waals surface area contributed by atoms with E-state index in [4.69, 9.17) is 4.74 Å². The maximum absolute atomic E-state index is 11.7. The zero-order valence-electron chi connectivity index (χ0n) is 21.7. The van der Waals surface area contributed by atoms with Gasteiger partial charge in [0.1, 0.15) is 5.00 Å². The molecule has 39 heavy (non-hydrogen) atoms. The van der Waals surface area contributed by atoms with Crippen LogP contribution in [0.25, 0.3) is 0 Å². The highest BCUT2D eigenvalue weighted by molar-refractivity contribution is 7.20. The molecule has 0 aliphatic carbocycles. The van der Waals surface area contributed by atoms with Crippen molar-refractivity contribution in [2.24, 2.45) is 10.2 Å². The fourth-order valence-corrected chi connectivity index (χ4v) is 5.49. The van der Waals surface area contributed by atoms with Gasteiger partial charge < -0.3 is 25.9 Å². The topological polar surface area (TPSA) is 115 Å². The number of azo groups is 1. The van der Waals surface area contributed by atoms with Crippen LogP contribution in [-0.2, 0) is 4.74 Å². The number of anilines is 5. The van der Waals surface area contributed by atoms with Crippen molar-refractivity contribution in [3.63, 3.8) is 0 Å². The maximum Gasteiger partial charge on any atom is 0.357 e. The lowest BCUT2D eigenvalue weighted by atomic mass is 10.2. The van der Waals surface area contributed by atoms with Crippen LogP contribution >= 0.6 is 22.7 Å². The number of nitrogens with zero attached hydrogens (tertiary/aromatic N) is 4. The summed E-state index contributed by atoms with van der Waals surface area (Å²) in [6.07, 6.45) is 2.56. The summed E-state index contributed by atoms with van der Waals surface area (Å²) >= 11 is 3.00. The number of hydrazine groups is 2. The lowest BCUT2D eigenvalue weighted by Crippen LogP contribution is -2.15. The molecule has 12 heteroatoms. The molecule has 5 rings (SSSR count). The van der Waals surface area contributed by atoms with Gasteiger partial charge in [-0.1, -0.05) is 11.3 Å². The van der Waals surface area contributed by atoms with Crippen LogP contribution in [0.4, 0.5) is 37.9 Å². The molecule has 1 aliphatic rings. The molecule has 3 heterocycles. The van der Waals surface area contributed by atoms with Gasteiger partial charge in [0.05, 0.1) is 34.4 Å². The third-order valence-electron chi connectivity index (χ3n) is 6.00. The minimum atomic E-state index is -0.458. The molecular formula is C27H30N8O2S2. The van der Waals surface area contributed by atoms with Crippen molar-refractivity contribution >= 4 is 66.5 Å². The lowest BCUT2D eigenvalue weighted by molar-refractivity contribution is 0.0520. The number of carbonyl (C=O) groups is 1. The first kappa shape index (κ1) is 26.4. The van der Waals surface area contributed by atoms with Crippen molar-refractivity contribution in [3.8, 4) is 0 Å². The molecule has 4 N–H and O–H groups in total. The number of thiazole rings is 1. The largest absolute Gasteiger partial charge is 0.461 e. The Hall–Kier alpha value is -4.16. The average Bonchev–Trinajstić information content (AvgIpc) is 3.73. The Morgan fingerprint density at radius 1 is 0.974 bits per heavy atom. The summed E-state index contributed by atoms with van der Waals surface area (Å²) < 4.78 is 4.94. The normalized spacial score (nSPS) is 13.0. The number of rotatable bonds is 11. The van der Waals surface area contributed by atoms with Gasteiger partial charge >= 0.3 is 5.97 Å². The van der Waals surface area contributed by atoms with E-state index >= 15 is 0 Å². The lowest BCUT2D eigenvalue weighted by Gasteiger charge is -2.15. The summed E-state index contributed by atoms with van der Waals surface area (Å²) in [6, 6.07) is 17.9. The summed E-state index contributed by atoms with van der Waals surface area (Å²) in [5.41, 5.74) is 17.9. The van der Waals surface area contributed by atoms with Crippen molar-refractivity contribution in [2.45, 2.75) is 26.7 Å². The van der Waals surface area contributed by atoms with Gasteiger partial charge in [-0.15, -0.1) is 21.6 Å². The Balaban J connectivity index is 1.10. The molecule has 1 aliphatic heterocycles. The van der Waals surface area contributed by atoms with Crippen LogP contribution in [0.15, 0.2) is 70.2 Å². The number of ether oxygens (including phenoxy) is 1. The molecule has 4 aromatic rings. The van der Waals surface area contributed by atoms with Gasteiger partial charge in [0.25, 0.3) is 0 Å². The molecule has 2 aromatic carbocycles. The van der Waals surface area contributed by atoms with Gasteiger partial charge in [-0.05, 0) is 86.8 Å². The van der Waals surface area contributed by atoms with E-state index in [0.29, 0.717) is 17.4 Å². The van der Waals surface area contributed by atoms with Crippen LogP contribution in [-0.4, -0.2) is 30.6 Å². The zero-order valence-corrected chi connectivity index (χ0v) is 23.4. The number of esters is 1. The number of benzene rings is 2. The van der Waals surface area contributed by atoms with Gasteiger partial charge in [-0.2, -0.15) is 0 Å². The second-order valence-corrected chi connectivity index (χ2v) is 10.7. The van der Waals surface area contributed by atoms with Crippen LogP contribution in [0.2, 0.25) is 0 Å². The minimum Gasteiger partial charge on any atom is -0.461 e. The highest BCUT2D eigenvalue weighted by atomic mass is 32.1. The summed E-state index contributed by atoms with van der Waals surface area (Å²) in [6.45, 7) is 6.41. The first-order chi connectivity index (χ1) is 19.1. The number of thiophene rings is 1. The second kappa shape index (κ2) is 12.6. The first-order valence-electron chi connectivity index (χ1n) is 12.7. The molecule has 2 aromatic heterocycles. The third-order valence-corrected chi connectivity index (χ3v) is 7.79. The van der Waals surface area contributed by atoms with E-state index in [1.54, 1.807) is 23.6 Å². The van der Waals surface area contributed by atoms with Gasteiger partial charge in [0, 0.05) is 18.5 Å². The van der Waals surface area contributed by atoms with Crippen LogP contribution in [0.1, 0.15) is 35.8 Å². The Bertz CT molecular complexity index is 1430. The highest BCUT2D eigenvalue weighted by Crippen LogP contribution is 2.32. The van der Waals surface area contributed by atoms with E-state index in [-0.39, 0.29) is 5.69 Å². The van der Waals surface area contributed by atoms with E-state index < -0.39 is 5.97 Å². The predicted molar refractivity (Wildman–Crippen MR) is 160 cm³/mol. The fraction of sp³-hybridized carbons (Fsp3) is 0.259. The molecule has 0 atom stereocenters. The fourth-order valence-electron chi connectivity index (χ4n) is 3.98. The summed E-state index contributed by atoms with van der Waals surface area (Å²) in [7, 11) is 0. The number of hydrogen-bond acceptors (Lipinski definition) is 12. The number of hydrogen-bond donors (Lipinski definition) is 4. The van der Waals surface area contributed by atoms with E-state index in [9.17, 15) is 4.79 Å². The van der Waals surface area contributed by atoms with Crippen LogP contribution in [0.5, 0.6) is 0 Å². The van der Waals surface area contributed by atoms with E-state index in [0.717, 1.165) is 40.7 Å². The van der Waals surface area contributed by atoms with Crippen molar-refractivity contribution in [1.29, 1.82) is 0 Å². The highest BCUT2D eigenvalue weighted by Gasteiger charge is 2.14. The number of carbonyl (C=O) groups excluding carboxylic acids is 1. The Morgan fingerprint density at radius 2 is 1.74 bits per heavy atom. The molecule has 0 radical (unpaired) electrons. The quantitative estimate of drug-likeness (QED) is 0.0840. The van der Waals surface area contributed by atoms with E-state index in [1.807, 2.05) is 36.4 Å². The van der Waals surface area contributed by atoms with Crippen molar-refractivity contribution < 1.29 is 9.53 Å². The third kappa shape index (κ3) is 7.03. The summed E-state index contributed by atoms with van der Waals surface area (Å²) in [4.78, 5) is 18.3. The van der Waals surface area contributed by atoms with Crippen LogP contribution in [0, 0.1) is 6.92 Å². The van der Waals surface area contributed by atoms with Gasteiger partial charge in [-0.25, -0.2) is 9.78 Å². The van der Waals surface area contributed by atoms with Crippen molar-refractivity contribution in [1.82, 2.24) is 4.98 Å². The molecule has 202 valence electrons. The van der Waals surface area contributed by atoms with E-state index in [2.05, 4.69) is 66.9 Å². The monoisotopic (exact) mass is 562 g/mol. The molecule has 0 saturated carbocycles. The Labute approximate surface area is 235 Å². The molecule has 0 amide bonds. The van der Waals surface area contributed by atoms with Gasteiger partial charge in [0.15, 0.2) is 5.69 Å². The first-order valence-corrected chi connectivity index (χ1v) is 14.4. The summed E-state index contributed by atoms with van der Waals surface area (Å²) in [5, 5.41) is 12.7.